The Hall–Kier alpha value is -2.43. The Morgan fingerprint density at radius 2 is 1.76 bits per heavy atom. The molecule has 0 atom stereocenters. The van der Waals surface area contributed by atoms with Gasteiger partial charge in [-0.15, -0.1) is 11.3 Å². The van der Waals surface area contributed by atoms with E-state index in [1.807, 2.05) is 0 Å². The summed E-state index contributed by atoms with van der Waals surface area (Å²) in [7, 11) is -3.93. The van der Waals surface area contributed by atoms with Crippen molar-refractivity contribution in [2.24, 2.45) is 0 Å². The van der Waals surface area contributed by atoms with Crippen LogP contribution in [0.15, 0.2) is 56.9 Å². The van der Waals surface area contributed by atoms with Crippen LogP contribution in [0.5, 0.6) is 0 Å². The number of alkyl halides is 3. The highest BCUT2D eigenvalue weighted by Gasteiger charge is 2.33. The van der Waals surface area contributed by atoms with Gasteiger partial charge in [0.25, 0.3) is 5.91 Å². The summed E-state index contributed by atoms with van der Waals surface area (Å²) in [6.45, 7) is 1.27. The van der Waals surface area contributed by atoms with Crippen molar-refractivity contribution in [2.45, 2.75) is 22.9 Å². The smallest absolute Gasteiger partial charge is 0.320 e. The van der Waals surface area contributed by atoms with Crippen LogP contribution in [0, 0.1) is 6.92 Å². The summed E-state index contributed by atoms with van der Waals surface area (Å²) in [4.78, 5) is 15.8. The number of benzene rings is 1. The van der Waals surface area contributed by atoms with Crippen molar-refractivity contribution in [3.63, 3.8) is 0 Å². The largest absolute Gasteiger partial charge is 0.433 e. The van der Waals surface area contributed by atoms with E-state index in [4.69, 9.17) is 11.6 Å². The van der Waals surface area contributed by atoms with Gasteiger partial charge in [-0.25, -0.2) is 13.4 Å². The zero-order valence-electron chi connectivity index (χ0n) is 14.6. The van der Waals surface area contributed by atoms with Crippen LogP contribution in [0.25, 0.3) is 0 Å². The van der Waals surface area contributed by atoms with E-state index in [-0.39, 0.29) is 26.7 Å². The molecule has 3 aromatic rings. The van der Waals surface area contributed by atoms with Gasteiger partial charge in [-0.1, -0.05) is 11.6 Å². The molecule has 29 heavy (non-hydrogen) atoms. The molecule has 0 unspecified atom stereocenters. The minimum atomic E-state index is -4.63. The summed E-state index contributed by atoms with van der Waals surface area (Å²) in [5, 5.41) is 5.59. The Labute approximate surface area is 173 Å². The number of halogens is 4. The van der Waals surface area contributed by atoms with Crippen molar-refractivity contribution in [3.05, 3.63) is 69.1 Å². The predicted molar refractivity (Wildman–Crippen MR) is 103 cm³/mol. The molecule has 1 amide bonds. The first-order chi connectivity index (χ1) is 13.5. The van der Waals surface area contributed by atoms with Gasteiger partial charge in [0.15, 0.2) is 0 Å². The van der Waals surface area contributed by atoms with E-state index in [1.165, 1.54) is 41.9 Å². The number of sulfone groups is 1. The third kappa shape index (κ3) is 4.44. The minimum Gasteiger partial charge on any atom is -0.320 e. The Morgan fingerprint density at radius 3 is 2.34 bits per heavy atom. The molecule has 0 radical (unpaired) electrons. The zero-order valence-corrected chi connectivity index (χ0v) is 17.0. The normalized spacial score (nSPS) is 12.0. The van der Waals surface area contributed by atoms with E-state index in [9.17, 15) is 26.4 Å². The van der Waals surface area contributed by atoms with Gasteiger partial charge in [0, 0.05) is 15.8 Å². The van der Waals surface area contributed by atoms with E-state index in [0.717, 1.165) is 17.4 Å². The molecule has 3 rings (SSSR count). The molecule has 0 fully saturated rings. The topological polar surface area (TPSA) is 76.1 Å². The van der Waals surface area contributed by atoms with Crippen molar-refractivity contribution in [3.8, 4) is 0 Å². The summed E-state index contributed by atoms with van der Waals surface area (Å²) in [5.41, 5.74) is -1.32. The number of nitrogens with zero attached hydrogens (tertiary/aromatic N) is 1. The van der Waals surface area contributed by atoms with Crippen LogP contribution in [0.2, 0.25) is 5.02 Å². The fraction of sp³-hybridized carbons (Fsp3) is 0.111. The number of carbonyl (C=O) groups excluding carboxylic acids is 1. The fourth-order valence-corrected chi connectivity index (χ4v) is 5.14. The molecular weight excluding hydrogens is 449 g/mol. The lowest BCUT2D eigenvalue weighted by Crippen LogP contribution is -2.17. The number of pyridine rings is 1. The van der Waals surface area contributed by atoms with Crippen LogP contribution in [-0.2, 0) is 16.0 Å². The number of aromatic nitrogens is 1. The Morgan fingerprint density at radius 1 is 1.10 bits per heavy atom. The molecule has 2 heterocycles. The maximum absolute atomic E-state index is 12.8. The Balaban J connectivity index is 1.90. The lowest BCUT2D eigenvalue weighted by atomic mass is 10.1. The summed E-state index contributed by atoms with van der Waals surface area (Å²) in [6, 6.07) is 7.23. The molecule has 0 bridgehead atoms. The Kier molecular flexibility index (Phi) is 5.70. The van der Waals surface area contributed by atoms with Gasteiger partial charge >= 0.3 is 6.18 Å². The predicted octanol–water partition coefficient (Wildman–Crippen LogP) is 5.21. The van der Waals surface area contributed by atoms with Crippen molar-refractivity contribution < 1.29 is 26.4 Å². The minimum absolute atomic E-state index is 0.0109. The van der Waals surface area contributed by atoms with Gasteiger partial charge in [0.05, 0.1) is 21.8 Å². The number of anilines is 1. The zero-order chi connectivity index (χ0) is 21.4. The molecule has 1 aromatic carbocycles. The second-order valence-corrected chi connectivity index (χ2v) is 8.99. The van der Waals surface area contributed by atoms with Crippen LogP contribution in [0.4, 0.5) is 18.9 Å². The summed E-state index contributed by atoms with van der Waals surface area (Å²) < 4.78 is 63.9. The average molecular weight is 461 g/mol. The number of aryl methyl sites for hydroxylation is 1. The maximum atomic E-state index is 12.8. The van der Waals surface area contributed by atoms with Crippen molar-refractivity contribution in [1.29, 1.82) is 0 Å². The van der Waals surface area contributed by atoms with Crippen LogP contribution in [-0.4, -0.2) is 19.3 Å². The average Bonchev–Trinajstić information content (AvgIpc) is 3.10. The van der Waals surface area contributed by atoms with Gasteiger partial charge in [-0.05, 0) is 43.3 Å². The number of amides is 1. The first-order valence-electron chi connectivity index (χ1n) is 7.93. The molecular formula is C18H12ClF3N2O3S2. The second kappa shape index (κ2) is 7.77. The molecule has 0 saturated carbocycles. The van der Waals surface area contributed by atoms with E-state index < -0.39 is 27.6 Å². The highest BCUT2D eigenvalue weighted by atomic mass is 35.5. The van der Waals surface area contributed by atoms with Gasteiger partial charge in [-0.2, -0.15) is 13.2 Å². The van der Waals surface area contributed by atoms with Crippen LogP contribution < -0.4 is 5.32 Å². The first-order valence-corrected chi connectivity index (χ1v) is 10.7. The van der Waals surface area contributed by atoms with Gasteiger partial charge in [0.2, 0.25) is 9.84 Å². The van der Waals surface area contributed by atoms with Crippen LogP contribution in [0.3, 0.4) is 0 Å². The lowest BCUT2D eigenvalue weighted by Gasteiger charge is -2.11. The SMILES string of the molecule is Cc1nc(C(F)(F)F)ccc1C(=O)Nc1cscc1S(=O)(=O)c1ccc(Cl)cc1. The molecule has 2 aromatic heterocycles. The number of carbonyl (C=O) groups is 1. The standard InChI is InChI=1S/C18H12ClF3N2O3S2/c1-10-13(6-7-16(23-10)18(20,21)22)17(25)24-14-8-28-9-15(14)29(26,27)12-4-2-11(19)3-5-12/h2-9H,1H3,(H,24,25). The fourth-order valence-electron chi connectivity index (χ4n) is 2.47. The number of thiophene rings is 1. The van der Waals surface area contributed by atoms with Gasteiger partial charge in [0.1, 0.15) is 10.6 Å². The van der Waals surface area contributed by atoms with Gasteiger partial charge < -0.3 is 5.32 Å². The first kappa shape index (κ1) is 21.3. The maximum Gasteiger partial charge on any atom is 0.433 e. The summed E-state index contributed by atoms with van der Waals surface area (Å²) in [5.74, 6) is -0.769. The summed E-state index contributed by atoms with van der Waals surface area (Å²) >= 11 is 6.84. The molecule has 0 aliphatic rings. The summed E-state index contributed by atoms with van der Waals surface area (Å²) in [6.07, 6.45) is -4.63. The highest BCUT2D eigenvalue weighted by Crippen LogP contribution is 2.32. The number of hydrogen-bond acceptors (Lipinski definition) is 5. The van der Waals surface area contributed by atoms with Crippen LogP contribution in [0.1, 0.15) is 21.7 Å². The lowest BCUT2D eigenvalue weighted by molar-refractivity contribution is -0.141. The molecule has 0 spiro atoms. The third-order valence-electron chi connectivity index (χ3n) is 3.91. The molecule has 152 valence electrons. The quantitative estimate of drug-likeness (QED) is 0.580. The molecule has 0 aliphatic heterocycles. The van der Waals surface area contributed by atoms with E-state index >= 15 is 0 Å². The van der Waals surface area contributed by atoms with Crippen LogP contribution >= 0.6 is 22.9 Å². The highest BCUT2D eigenvalue weighted by molar-refractivity contribution is 7.91. The molecule has 5 nitrogen and oxygen atoms in total. The molecule has 1 N–H and O–H groups in total. The third-order valence-corrected chi connectivity index (χ3v) is 6.86. The Bertz CT molecular complexity index is 1170. The second-order valence-electron chi connectivity index (χ2n) is 5.89. The molecule has 0 saturated heterocycles. The van der Waals surface area contributed by atoms with E-state index in [0.29, 0.717) is 11.1 Å². The number of nitrogens with one attached hydrogen (secondary N) is 1. The van der Waals surface area contributed by atoms with E-state index in [2.05, 4.69) is 10.3 Å². The molecule has 11 heteroatoms. The van der Waals surface area contributed by atoms with Crippen molar-refractivity contribution in [2.75, 3.05) is 5.32 Å². The van der Waals surface area contributed by atoms with E-state index in [1.54, 1.807) is 0 Å². The number of rotatable bonds is 4. The van der Waals surface area contributed by atoms with Gasteiger partial charge in [-0.3, -0.25) is 4.79 Å². The van der Waals surface area contributed by atoms with Crippen molar-refractivity contribution in [1.82, 2.24) is 4.98 Å². The van der Waals surface area contributed by atoms with Crippen molar-refractivity contribution >= 4 is 44.4 Å². The monoisotopic (exact) mass is 460 g/mol. The number of hydrogen-bond donors (Lipinski definition) is 1. The molecule has 0 aliphatic carbocycles.